The topological polar surface area (TPSA) is 187 Å². The Bertz CT molecular complexity index is 797. The van der Waals surface area contributed by atoms with E-state index in [9.17, 15) is 19.8 Å². The summed E-state index contributed by atoms with van der Waals surface area (Å²) in [6.07, 6.45) is 2.42. The first kappa shape index (κ1) is 52.8. The van der Waals surface area contributed by atoms with Crippen molar-refractivity contribution in [3.8, 4) is 0 Å². The Labute approximate surface area is 291 Å². The first-order chi connectivity index (χ1) is 22.8. The van der Waals surface area contributed by atoms with Gasteiger partial charge in [0.25, 0.3) is 0 Å². The van der Waals surface area contributed by atoms with Crippen LogP contribution in [0.4, 0.5) is 5.69 Å². The van der Waals surface area contributed by atoms with Gasteiger partial charge in [0.15, 0.2) is 0 Å². The minimum Gasteiger partial charge on any atom is -0.394 e. The standard InChI is InChI=1S/C13H27NO5.C12H17NO2.C6H14O3.C3H8.C2H6/c1-10(2)13(11(3)16)14-12(17)4-6-18-8-9-19-7-5-15;1-3-9(2)12(15)13-11-6-4-10(8-14)5-7-11;1-6(8)2-4-9-5-3-7;1-3-2;1-2/h10,12-15,17H,4-9H2,1-3H3;4-9,12-13,15H,3H2,1-2H3;6-8H,2-5H2,1H3;3H2,1-2H3;1-2H3/t;9-,12?;6-;;/m.00../s1. The fraction of sp³-hybridized carbons (Fsp3) is 0.778. The van der Waals surface area contributed by atoms with Crippen LogP contribution in [0.15, 0.2) is 24.3 Å². The number of rotatable bonds is 22. The van der Waals surface area contributed by atoms with E-state index >= 15 is 0 Å². The van der Waals surface area contributed by atoms with Crippen LogP contribution in [0, 0.1) is 11.8 Å². The molecule has 0 heterocycles. The van der Waals surface area contributed by atoms with Gasteiger partial charge in [-0.3, -0.25) is 14.9 Å². The molecule has 12 heteroatoms. The molecule has 1 aromatic rings. The molecule has 1 rings (SSSR count). The van der Waals surface area contributed by atoms with Gasteiger partial charge in [-0.05, 0) is 56.9 Å². The van der Waals surface area contributed by atoms with Gasteiger partial charge in [0.2, 0.25) is 0 Å². The molecule has 48 heavy (non-hydrogen) atoms. The highest BCUT2D eigenvalue weighted by Gasteiger charge is 2.20. The third-order valence-corrected chi connectivity index (χ3v) is 6.08. The Hall–Kier alpha value is -2.00. The molecule has 0 aliphatic rings. The molecule has 7 N–H and O–H groups in total. The van der Waals surface area contributed by atoms with Crippen molar-refractivity contribution in [2.75, 3.05) is 58.2 Å². The number of nitrogens with one attached hydrogen (secondary N) is 2. The van der Waals surface area contributed by atoms with Crippen LogP contribution < -0.4 is 10.6 Å². The number of ether oxygens (including phenoxy) is 3. The minimum atomic E-state index is -0.755. The van der Waals surface area contributed by atoms with Gasteiger partial charge in [-0.25, -0.2) is 0 Å². The number of ketones is 1. The predicted molar refractivity (Wildman–Crippen MR) is 194 cm³/mol. The van der Waals surface area contributed by atoms with Gasteiger partial charge < -0.3 is 45.1 Å². The van der Waals surface area contributed by atoms with Gasteiger partial charge in [0, 0.05) is 30.2 Å². The SMILES string of the molecule is CC.CC(=O)C(NC(O)CCOCCOCCO)C(C)C.CCC.CC[C@H](C)C(O)Nc1ccc(C=O)cc1.C[C@H](O)CCOCCO. The number of hydrogen-bond acceptors (Lipinski definition) is 12. The van der Waals surface area contributed by atoms with E-state index in [1.54, 1.807) is 31.2 Å². The smallest absolute Gasteiger partial charge is 0.150 e. The van der Waals surface area contributed by atoms with E-state index in [-0.39, 0.29) is 43.0 Å². The number of aliphatic hydroxyl groups is 5. The lowest BCUT2D eigenvalue weighted by molar-refractivity contribution is -0.121. The molecule has 3 unspecified atom stereocenters. The lowest BCUT2D eigenvalue weighted by atomic mass is 10.0. The highest BCUT2D eigenvalue weighted by atomic mass is 16.5. The fourth-order valence-electron chi connectivity index (χ4n) is 3.27. The fourth-order valence-corrected chi connectivity index (χ4v) is 3.27. The molecule has 0 aromatic heterocycles. The quantitative estimate of drug-likeness (QED) is 0.0516. The van der Waals surface area contributed by atoms with E-state index in [4.69, 9.17) is 29.5 Å². The van der Waals surface area contributed by atoms with Crippen LogP contribution in [0.2, 0.25) is 0 Å². The third-order valence-electron chi connectivity index (χ3n) is 6.08. The number of Topliss-reactive ketones (excluding diaryl/α,β-unsaturated/α-hetero) is 1. The van der Waals surface area contributed by atoms with Crippen molar-refractivity contribution < 1.29 is 49.3 Å². The number of carbonyl (C=O) groups excluding carboxylic acids is 2. The average molecular weight is 693 g/mol. The zero-order chi connectivity index (χ0) is 37.8. The molecule has 0 aliphatic carbocycles. The van der Waals surface area contributed by atoms with E-state index in [0.29, 0.717) is 58.0 Å². The van der Waals surface area contributed by atoms with Gasteiger partial charge in [0.05, 0.1) is 58.4 Å². The maximum atomic E-state index is 11.4. The lowest BCUT2D eigenvalue weighted by Crippen LogP contribution is -2.46. The molecular weight excluding hydrogens is 620 g/mol. The van der Waals surface area contributed by atoms with Crippen molar-refractivity contribution in [3.63, 3.8) is 0 Å². The molecule has 1 aromatic carbocycles. The van der Waals surface area contributed by atoms with Gasteiger partial charge in [0.1, 0.15) is 24.5 Å². The maximum absolute atomic E-state index is 11.4. The summed E-state index contributed by atoms with van der Waals surface area (Å²) in [7, 11) is 0. The average Bonchev–Trinajstić information content (AvgIpc) is 3.06. The van der Waals surface area contributed by atoms with E-state index in [0.717, 1.165) is 18.4 Å². The summed E-state index contributed by atoms with van der Waals surface area (Å²) in [6.45, 7) is 21.8. The summed E-state index contributed by atoms with van der Waals surface area (Å²) in [6, 6.07) is 6.69. The zero-order valence-electron chi connectivity index (χ0n) is 31.6. The first-order valence-corrected chi connectivity index (χ1v) is 17.4. The number of carbonyl (C=O) groups is 2. The summed E-state index contributed by atoms with van der Waals surface area (Å²) in [5.41, 5.74) is 1.46. The molecular formula is C36H72N2O10. The Morgan fingerprint density at radius 2 is 1.25 bits per heavy atom. The molecule has 0 aliphatic heterocycles. The Balaban J connectivity index is -0.000000296. The van der Waals surface area contributed by atoms with Crippen molar-refractivity contribution in [2.24, 2.45) is 11.8 Å². The van der Waals surface area contributed by atoms with E-state index in [2.05, 4.69) is 24.5 Å². The second kappa shape index (κ2) is 39.4. The molecule has 0 radical (unpaired) electrons. The summed E-state index contributed by atoms with van der Waals surface area (Å²) in [4.78, 5) is 21.8. The second-order valence-corrected chi connectivity index (χ2v) is 11.1. The van der Waals surface area contributed by atoms with Crippen LogP contribution in [0.25, 0.3) is 0 Å². The Morgan fingerprint density at radius 1 is 0.792 bits per heavy atom. The molecule has 0 fully saturated rings. The second-order valence-electron chi connectivity index (χ2n) is 11.1. The van der Waals surface area contributed by atoms with E-state index < -0.39 is 12.5 Å². The summed E-state index contributed by atoms with van der Waals surface area (Å²) < 4.78 is 15.2. The van der Waals surface area contributed by atoms with Gasteiger partial charge in [-0.2, -0.15) is 0 Å². The number of anilines is 1. The lowest BCUT2D eigenvalue weighted by Gasteiger charge is -2.23. The predicted octanol–water partition coefficient (Wildman–Crippen LogP) is 4.41. The number of benzene rings is 1. The van der Waals surface area contributed by atoms with Crippen LogP contribution in [0.3, 0.4) is 0 Å². The number of aldehydes is 1. The van der Waals surface area contributed by atoms with Crippen molar-refractivity contribution in [2.45, 2.75) is 120 Å². The highest BCUT2D eigenvalue weighted by molar-refractivity contribution is 5.81. The van der Waals surface area contributed by atoms with Gasteiger partial charge in [-0.15, -0.1) is 0 Å². The van der Waals surface area contributed by atoms with Crippen LogP contribution in [-0.4, -0.2) is 115 Å². The summed E-state index contributed by atoms with van der Waals surface area (Å²) in [5, 5.41) is 50.8. The van der Waals surface area contributed by atoms with Crippen molar-refractivity contribution in [1.82, 2.24) is 5.32 Å². The largest absolute Gasteiger partial charge is 0.394 e. The Morgan fingerprint density at radius 3 is 1.65 bits per heavy atom. The molecule has 0 saturated carbocycles. The molecule has 0 saturated heterocycles. The molecule has 0 spiro atoms. The minimum absolute atomic E-state index is 0.00424. The maximum Gasteiger partial charge on any atom is 0.150 e. The third kappa shape index (κ3) is 36.8. The van der Waals surface area contributed by atoms with Crippen molar-refractivity contribution >= 4 is 17.8 Å². The number of hydrogen-bond donors (Lipinski definition) is 7. The van der Waals surface area contributed by atoms with Crippen LogP contribution in [-0.2, 0) is 19.0 Å². The zero-order valence-corrected chi connectivity index (χ0v) is 31.6. The first-order valence-electron chi connectivity index (χ1n) is 17.4. The summed E-state index contributed by atoms with van der Waals surface area (Å²) >= 11 is 0. The molecule has 0 bridgehead atoms. The van der Waals surface area contributed by atoms with Crippen LogP contribution in [0.1, 0.15) is 105 Å². The van der Waals surface area contributed by atoms with Gasteiger partial charge >= 0.3 is 0 Å². The van der Waals surface area contributed by atoms with Crippen LogP contribution >= 0.6 is 0 Å². The normalized spacial score (nSPS) is 13.3. The Kier molecular flexibility index (Phi) is 43.4. The highest BCUT2D eigenvalue weighted by Crippen LogP contribution is 2.14. The van der Waals surface area contributed by atoms with E-state index in [1.165, 1.54) is 13.3 Å². The summed E-state index contributed by atoms with van der Waals surface area (Å²) in [5.74, 6) is 0.364. The van der Waals surface area contributed by atoms with Crippen LogP contribution in [0.5, 0.6) is 0 Å². The number of aliphatic hydroxyl groups excluding tert-OH is 5. The van der Waals surface area contributed by atoms with Gasteiger partial charge in [-0.1, -0.05) is 61.8 Å². The molecule has 286 valence electrons. The monoisotopic (exact) mass is 693 g/mol. The van der Waals surface area contributed by atoms with Crippen molar-refractivity contribution in [3.05, 3.63) is 29.8 Å². The van der Waals surface area contributed by atoms with E-state index in [1.807, 2.05) is 41.5 Å². The van der Waals surface area contributed by atoms with Crippen molar-refractivity contribution in [1.29, 1.82) is 0 Å². The molecule has 12 nitrogen and oxygen atoms in total. The molecule has 5 atom stereocenters. The molecule has 0 amide bonds.